The molecule has 0 aromatic rings. The summed E-state index contributed by atoms with van der Waals surface area (Å²) in [4.78, 5) is 48.4. The van der Waals surface area contributed by atoms with Crippen molar-refractivity contribution in [2.45, 2.75) is 66.5 Å². The molecule has 0 unspecified atom stereocenters. The second-order valence-corrected chi connectivity index (χ2v) is 8.29. The molecule has 0 aromatic carbocycles. The van der Waals surface area contributed by atoms with Crippen LogP contribution in [0.2, 0.25) is 0 Å². The molecule has 0 aliphatic carbocycles. The van der Waals surface area contributed by atoms with Gasteiger partial charge in [-0.3, -0.25) is 14.4 Å². The Morgan fingerprint density at radius 2 is 1.61 bits per heavy atom. The van der Waals surface area contributed by atoms with Gasteiger partial charge in [0.1, 0.15) is 6.04 Å². The van der Waals surface area contributed by atoms with Crippen LogP contribution in [0.5, 0.6) is 0 Å². The molecule has 0 heterocycles. The van der Waals surface area contributed by atoms with Gasteiger partial charge in [0.2, 0.25) is 11.8 Å². The monoisotopic (exact) mass is 400 g/mol. The lowest BCUT2D eigenvalue weighted by atomic mass is 9.91. The van der Waals surface area contributed by atoms with Gasteiger partial charge in [0.05, 0.1) is 18.1 Å². The van der Waals surface area contributed by atoms with Gasteiger partial charge in [-0.05, 0) is 32.6 Å². The van der Waals surface area contributed by atoms with Gasteiger partial charge < -0.3 is 26.8 Å². The van der Waals surface area contributed by atoms with E-state index in [9.17, 15) is 24.3 Å². The van der Waals surface area contributed by atoms with Crippen LogP contribution >= 0.6 is 0 Å². The fraction of sp³-hybridized carbons (Fsp3) is 0.789. The zero-order valence-corrected chi connectivity index (χ0v) is 17.8. The minimum Gasteiger partial charge on any atom is -0.395 e. The van der Waals surface area contributed by atoms with Crippen molar-refractivity contribution < 1.29 is 24.3 Å². The number of aliphatic hydroxyl groups excluding tert-OH is 1. The molecule has 6 N–H and O–H groups in total. The summed E-state index contributed by atoms with van der Waals surface area (Å²) in [6, 6.07) is -2.22. The van der Waals surface area contributed by atoms with Crippen molar-refractivity contribution in [1.82, 2.24) is 16.0 Å². The molecule has 0 saturated carbocycles. The lowest BCUT2D eigenvalue weighted by molar-refractivity contribution is -0.137. The molecule has 0 spiro atoms. The second kappa shape index (κ2) is 11.6. The van der Waals surface area contributed by atoms with Crippen LogP contribution in [0.25, 0.3) is 0 Å². The Morgan fingerprint density at radius 3 is 2.04 bits per heavy atom. The summed E-state index contributed by atoms with van der Waals surface area (Å²) in [5.41, 5.74) is 3.99. The summed E-state index contributed by atoms with van der Waals surface area (Å²) in [5.74, 6) is -1.53. The van der Waals surface area contributed by atoms with E-state index in [2.05, 4.69) is 16.0 Å². The smallest absolute Gasteiger partial charge is 0.312 e. The largest absolute Gasteiger partial charge is 0.395 e. The van der Waals surface area contributed by atoms with Crippen LogP contribution in [0.1, 0.15) is 54.4 Å². The molecule has 0 bridgehead atoms. The van der Waals surface area contributed by atoms with Crippen LogP contribution in [0.3, 0.4) is 0 Å². The standard InChI is InChI=1S/C19H36N4O5/c1-11(2)14(23-17(27)19(5,6)10-24)16(26)22-13(15(25)12(3)4)8-7-9-21-18(20)28/h11-14,24H,7-10H2,1-6H3,(H,22,26)(H,23,27)(H3,20,21,28)/t13-,14-/m0/s1. The molecule has 4 amide bonds. The predicted octanol–water partition coefficient (Wildman–Crippen LogP) is 0.304. The molecule has 0 fully saturated rings. The van der Waals surface area contributed by atoms with Crippen molar-refractivity contribution in [2.24, 2.45) is 23.0 Å². The molecule has 0 rings (SSSR count). The number of hydrogen-bond acceptors (Lipinski definition) is 5. The Hall–Kier alpha value is -2.16. The predicted molar refractivity (Wildman–Crippen MR) is 106 cm³/mol. The van der Waals surface area contributed by atoms with Gasteiger partial charge >= 0.3 is 6.03 Å². The molecule has 28 heavy (non-hydrogen) atoms. The van der Waals surface area contributed by atoms with Gasteiger partial charge in [-0.15, -0.1) is 0 Å². The fourth-order valence-electron chi connectivity index (χ4n) is 2.41. The Bertz CT molecular complexity index is 561. The van der Waals surface area contributed by atoms with E-state index in [4.69, 9.17) is 5.73 Å². The highest BCUT2D eigenvalue weighted by Crippen LogP contribution is 2.15. The van der Waals surface area contributed by atoms with Crippen LogP contribution in [0.15, 0.2) is 0 Å². The average Bonchev–Trinajstić information content (AvgIpc) is 2.60. The van der Waals surface area contributed by atoms with Crippen molar-refractivity contribution >= 4 is 23.6 Å². The summed E-state index contributed by atoms with van der Waals surface area (Å²) in [7, 11) is 0. The van der Waals surface area contributed by atoms with Crippen molar-refractivity contribution in [1.29, 1.82) is 0 Å². The highest BCUT2D eigenvalue weighted by Gasteiger charge is 2.33. The van der Waals surface area contributed by atoms with E-state index >= 15 is 0 Å². The average molecular weight is 401 g/mol. The molecule has 162 valence electrons. The summed E-state index contributed by atoms with van der Waals surface area (Å²) in [6.07, 6.45) is 0.798. The minimum absolute atomic E-state index is 0.128. The van der Waals surface area contributed by atoms with E-state index in [1.54, 1.807) is 41.5 Å². The Morgan fingerprint density at radius 1 is 1.04 bits per heavy atom. The second-order valence-electron chi connectivity index (χ2n) is 8.29. The van der Waals surface area contributed by atoms with Crippen LogP contribution in [0.4, 0.5) is 4.79 Å². The first-order valence-electron chi connectivity index (χ1n) is 9.62. The molecular formula is C19H36N4O5. The molecular weight excluding hydrogens is 364 g/mol. The zero-order valence-electron chi connectivity index (χ0n) is 17.8. The van der Waals surface area contributed by atoms with Crippen molar-refractivity contribution in [2.75, 3.05) is 13.2 Å². The molecule has 0 saturated heterocycles. The number of Topliss-reactive ketones (excluding diaryl/α,β-unsaturated/α-hetero) is 1. The third-order valence-electron chi connectivity index (χ3n) is 4.44. The number of hydrogen-bond donors (Lipinski definition) is 5. The number of nitrogens with two attached hydrogens (primary N) is 1. The first-order chi connectivity index (χ1) is 12.8. The maximum atomic E-state index is 12.8. The normalized spacial score (nSPS) is 13.8. The quantitative estimate of drug-likeness (QED) is 0.299. The number of urea groups is 1. The lowest BCUT2D eigenvalue weighted by Crippen LogP contribution is -2.56. The number of primary amides is 1. The first kappa shape index (κ1) is 25.8. The van der Waals surface area contributed by atoms with E-state index in [0.29, 0.717) is 19.4 Å². The van der Waals surface area contributed by atoms with E-state index < -0.39 is 35.3 Å². The highest BCUT2D eigenvalue weighted by molar-refractivity contribution is 5.94. The van der Waals surface area contributed by atoms with Crippen LogP contribution in [-0.4, -0.2) is 54.0 Å². The SMILES string of the molecule is CC(C)C(=O)[C@H](CCCNC(N)=O)NC(=O)[C@@H](NC(=O)C(C)(C)CO)C(C)C. The Labute approximate surface area is 167 Å². The summed E-state index contributed by atoms with van der Waals surface area (Å²) >= 11 is 0. The van der Waals surface area contributed by atoms with Crippen LogP contribution in [0, 0.1) is 17.3 Å². The highest BCUT2D eigenvalue weighted by atomic mass is 16.3. The summed E-state index contributed by atoms with van der Waals surface area (Å²) in [6.45, 7) is 10.2. The third kappa shape index (κ3) is 8.69. The van der Waals surface area contributed by atoms with Crippen LogP contribution < -0.4 is 21.7 Å². The van der Waals surface area contributed by atoms with Gasteiger partial charge in [0.15, 0.2) is 5.78 Å². The van der Waals surface area contributed by atoms with Crippen molar-refractivity contribution in [3.63, 3.8) is 0 Å². The van der Waals surface area contributed by atoms with Gasteiger partial charge in [-0.1, -0.05) is 27.7 Å². The van der Waals surface area contributed by atoms with Gasteiger partial charge in [-0.2, -0.15) is 0 Å². The van der Waals surface area contributed by atoms with E-state index in [-0.39, 0.29) is 24.2 Å². The number of amides is 4. The Balaban J connectivity index is 5.17. The Kier molecular flexibility index (Phi) is 10.7. The van der Waals surface area contributed by atoms with Crippen molar-refractivity contribution in [3.05, 3.63) is 0 Å². The minimum atomic E-state index is -1.03. The van der Waals surface area contributed by atoms with Crippen molar-refractivity contribution in [3.8, 4) is 0 Å². The molecule has 0 aliphatic heterocycles. The topological polar surface area (TPSA) is 151 Å². The number of ketones is 1. The maximum absolute atomic E-state index is 12.8. The van der Waals surface area contributed by atoms with E-state index in [1.807, 2.05) is 0 Å². The molecule has 9 heteroatoms. The fourth-order valence-corrected chi connectivity index (χ4v) is 2.41. The summed E-state index contributed by atoms with van der Waals surface area (Å²) in [5, 5.41) is 17.2. The third-order valence-corrected chi connectivity index (χ3v) is 4.44. The molecule has 0 aliphatic rings. The molecule has 2 atom stereocenters. The number of nitrogens with one attached hydrogen (secondary N) is 3. The molecule has 9 nitrogen and oxygen atoms in total. The van der Waals surface area contributed by atoms with Gasteiger partial charge in [0, 0.05) is 12.5 Å². The number of rotatable bonds is 12. The first-order valence-corrected chi connectivity index (χ1v) is 9.62. The van der Waals surface area contributed by atoms with E-state index in [0.717, 1.165) is 0 Å². The van der Waals surface area contributed by atoms with Crippen LogP contribution in [-0.2, 0) is 14.4 Å². The maximum Gasteiger partial charge on any atom is 0.312 e. The lowest BCUT2D eigenvalue weighted by Gasteiger charge is -2.29. The number of carbonyl (C=O) groups excluding carboxylic acids is 4. The molecule has 0 radical (unpaired) electrons. The number of aliphatic hydroxyl groups is 1. The number of carbonyl (C=O) groups is 4. The van der Waals surface area contributed by atoms with E-state index in [1.165, 1.54) is 0 Å². The molecule has 0 aromatic heterocycles. The van der Waals surface area contributed by atoms with Gasteiger partial charge in [0.25, 0.3) is 0 Å². The van der Waals surface area contributed by atoms with Gasteiger partial charge in [-0.25, -0.2) is 4.79 Å². The summed E-state index contributed by atoms with van der Waals surface area (Å²) < 4.78 is 0. The zero-order chi connectivity index (χ0) is 22.1.